The zero-order valence-electron chi connectivity index (χ0n) is 12.7. The summed E-state index contributed by atoms with van der Waals surface area (Å²) in [5, 5.41) is 42.1. The van der Waals surface area contributed by atoms with Gasteiger partial charge in [0.1, 0.15) is 0 Å². The predicted molar refractivity (Wildman–Crippen MR) is 57.5 cm³/mol. The summed E-state index contributed by atoms with van der Waals surface area (Å²) in [7, 11) is 0. The van der Waals surface area contributed by atoms with E-state index >= 15 is 0 Å². The zero-order valence-corrected chi connectivity index (χ0v) is 17.3. The van der Waals surface area contributed by atoms with Crippen molar-refractivity contribution in [3.63, 3.8) is 0 Å². The van der Waals surface area contributed by atoms with Gasteiger partial charge in [-0.1, -0.05) is 0 Å². The van der Waals surface area contributed by atoms with Crippen LogP contribution in [0.25, 0.3) is 0 Å². The molecule has 0 aromatic heterocycles. The first-order valence-corrected chi connectivity index (χ1v) is 5.87. The molecule has 0 spiro atoms. The van der Waals surface area contributed by atoms with Crippen LogP contribution in [0.5, 0.6) is 0 Å². The van der Waals surface area contributed by atoms with Gasteiger partial charge in [0.25, 0.3) is 0 Å². The first kappa shape index (κ1) is 28.0. The molecule has 23 heavy (non-hydrogen) atoms. The topological polar surface area (TPSA) is 167 Å². The van der Waals surface area contributed by atoms with Crippen LogP contribution in [0.3, 0.4) is 0 Å². The Hall–Kier alpha value is 0.138. The normalized spacial score (nSPS) is 11.3. The van der Waals surface area contributed by atoms with E-state index in [0.717, 1.165) is 9.80 Å². The SMILES string of the molecule is C[C@@H](CN(CC(=O)[O-])CC(=O)[O-])N(CC(=O)[O-])CC(=O)[O-].[Na+].[Sm+3]. The van der Waals surface area contributed by atoms with Crippen LogP contribution >= 0.6 is 0 Å². The maximum Gasteiger partial charge on any atom is 3.00 e. The molecule has 1 radical (unpaired) electrons. The average Bonchev–Trinajstić information content (AvgIpc) is 2.24. The summed E-state index contributed by atoms with van der Waals surface area (Å²) in [5.74, 6) is -6.13. The Labute approximate surface area is 187 Å². The summed E-state index contributed by atoms with van der Waals surface area (Å²) in [5.41, 5.74) is 0. The van der Waals surface area contributed by atoms with Crippen LogP contribution in [0.15, 0.2) is 0 Å². The Kier molecular flexibility index (Phi) is 17.6. The Morgan fingerprint density at radius 1 is 0.783 bits per heavy atom. The quantitative estimate of drug-likeness (QED) is 0.262. The van der Waals surface area contributed by atoms with E-state index in [-0.39, 0.29) is 76.5 Å². The molecule has 1 atom stereocenters. The van der Waals surface area contributed by atoms with E-state index in [9.17, 15) is 39.6 Å². The number of aliphatic carboxylic acids is 4. The van der Waals surface area contributed by atoms with Crippen molar-refractivity contribution in [1.29, 1.82) is 0 Å². The first-order chi connectivity index (χ1) is 9.61. The van der Waals surface area contributed by atoms with Crippen LogP contribution in [0.1, 0.15) is 6.92 Å². The van der Waals surface area contributed by atoms with E-state index in [1.165, 1.54) is 6.92 Å². The molecule has 12 heteroatoms. The maximum absolute atomic E-state index is 10.5. The third-order valence-corrected chi connectivity index (χ3v) is 2.52. The van der Waals surface area contributed by atoms with Gasteiger partial charge in [0.05, 0.1) is 23.9 Å². The number of hydrogen-bond donors (Lipinski definition) is 0. The van der Waals surface area contributed by atoms with Gasteiger partial charge in [-0.05, 0) is 6.92 Å². The minimum Gasteiger partial charge on any atom is -0.549 e. The summed E-state index contributed by atoms with van der Waals surface area (Å²) in [6.45, 7) is -1.70. The van der Waals surface area contributed by atoms with E-state index < -0.39 is 56.1 Å². The van der Waals surface area contributed by atoms with Crippen molar-refractivity contribution in [1.82, 2.24) is 9.80 Å². The minimum absolute atomic E-state index is 0. The van der Waals surface area contributed by atoms with Crippen molar-refractivity contribution < 1.29 is 110 Å². The van der Waals surface area contributed by atoms with Gasteiger partial charge in [-0.3, -0.25) is 9.80 Å². The second-order valence-corrected chi connectivity index (χ2v) is 4.41. The molecule has 0 aromatic rings. The number of hydrogen-bond acceptors (Lipinski definition) is 10. The third-order valence-electron chi connectivity index (χ3n) is 2.52. The molecule has 0 heterocycles. The van der Waals surface area contributed by atoms with Crippen LogP contribution in [0.4, 0.5) is 0 Å². The molecule has 0 unspecified atom stereocenters. The van der Waals surface area contributed by atoms with E-state index in [1.54, 1.807) is 0 Å². The van der Waals surface area contributed by atoms with Gasteiger partial charge < -0.3 is 39.6 Å². The second kappa shape index (κ2) is 14.5. The minimum atomic E-state index is -1.53. The van der Waals surface area contributed by atoms with E-state index in [4.69, 9.17) is 0 Å². The molecule has 0 aromatic carbocycles. The molecule has 0 aliphatic rings. The van der Waals surface area contributed by atoms with Crippen molar-refractivity contribution in [2.45, 2.75) is 13.0 Å². The number of carboxylic acid groups (broad SMARTS) is 4. The summed E-state index contributed by atoms with van der Waals surface area (Å²) in [4.78, 5) is 44.0. The van der Waals surface area contributed by atoms with Crippen LogP contribution in [0, 0.1) is 40.4 Å². The van der Waals surface area contributed by atoms with Crippen molar-refractivity contribution in [3.05, 3.63) is 0 Å². The predicted octanol–water partition coefficient (Wildman–Crippen LogP) is -10.0. The fourth-order valence-corrected chi connectivity index (χ4v) is 1.74. The van der Waals surface area contributed by atoms with E-state index in [1.807, 2.05) is 0 Å². The third kappa shape index (κ3) is 15.4. The number of carbonyl (C=O) groups is 4. The molecule has 0 saturated carbocycles. The largest absolute Gasteiger partial charge is 3.00 e. The molecule has 10 nitrogen and oxygen atoms in total. The Morgan fingerprint density at radius 2 is 1.09 bits per heavy atom. The van der Waals surface area contributed by atoms with Crippen LogP contribution in [0.2, 0.25) is 0 Å². The van der Waals surface area contributed by atoms with Gasteiger partial charge in [-0.25, -0.2) is 0 Å². The van der Waals surface area contributed by atoms with Crippen molar-refractivity contribution in [3.8, 4) is 0 Å². The smallest absolute Gasteiger partial charge is 0.549 e. The molecule has 0 rings (SSSR count). The van der Waals surface area contributed by atoms with Crippen molar-refractivity contribution in [2.75, 3.05) is 32.7 Å². The molecule has 0 N–H and O–H groups in total. The van der Waals surface area contributed by atoms with Gasteiger partial charge >= 0.3 is 69.9 Å². The van der Waals surface area contributed by atoms with Crippen LogP contribution in [-0.2, 0) is 19.2 Å². The van der Waals surface area contributed by atoms with Gasteiger partial charge in [0, 0.05) is 38.8 Å². The van der Waals surface area contributed by atoms with Gasteiger partial charge in [-0.15, -0.1) is 0 Å². The Morgan fingerprint density at radius 3 is 1.35 bits per heavy atom. The standard InChI is InChI=1S/C11H18N2O8.Na.Sm/c1-7(13(5-10(18)19)6-11(20)21)2-12(3-8(14)15)4-9(16)17;;/h7H,2-6H2,1H3,(H,14,15)(H,16,17)(H,18,19)(H,20,21);;/q;+1;+3/p-4/t7-;;/m0../s1. The first-order valence-electron chi connectivity index (χ1n) is 5.87. The molecular formula is C11H14N2NaO8Sm. The average molecular weight is 476 g/mol. The van der Waals surface area contributed by atoms with Gasteiger partial charge in [0.15, 0.2) is 0 Å². The summed E-state index contributed by atoms with van der Waals surface area (Å²) in [6.07, 6.45) is 0. The fraction of sp³-hybridized carbons (Fsp3) is 0.636. The number of carbonyl (C=O) groups excluding carboxylic acids is 4. The molecule has 0 fully saturated rings. The monoisotopic (exact) mass is 477 g/mol. The molecule has 0 aliphatic heterocycles. The molecule has 0 saturated heterocycles. The van der Waals surface area contributed by atoms with E-state index in [0.29, 0.717) is 0 Å². The number of rotatable bonds is 11. The molecular weight excluding hydrogens is 461 g/mol. The van der Waals surface area contributed by atoms with Gasteiger partial charge in [0.2, 0.25) is 0 Å². The van der Waals surface area contributed by atoms with Crippen molar-refractivity contribution in [2.24, 2.45) is 0 Å². The second-order valence-electron chi connectivity index (χ2n) is 4.41. The molecule has 0 amide bonds. The molecule has 123 valence electrons. The Balaban J connectivity index is -0.00000200. The number of carboxylic acids is 4. The van der Waals surface area contributed by atoms with Crippen LogP contribution in [-0.4, -0.2) is 72.4 Å². The zero-order chi connectivity index (χ0) is 16.6. The summed E-state index contributed by atoms with van der Waals surface area (Å²) >= 11 is 0. The fourth-order valence-electron chi connectivity index (χ4n) is 1.74. The summed E-state index contributed by atoms with van der Waals surface area (Å²) < 4.78 is 0. The molecule has 0 bridgehead atoms. The van der Waals surface area contributed by atoms with Crippen molar-refractivity contribution >= 4 is 23.9 Å². The van der Waals surface area contributed by atoms with E-state index in [2.05, 4.69) is 0 Å². The number of nitrogens with zero attached hydrogens (tertiary/aromatic N) is 2. The Bertz CT molecular complexity index is 391. The molecule has 0 aliphatic carbocycles. The van der Waals surface area contributed by atoms with Gasteiger partial charge in [-0.2, -0.15) is 0 Å². The maximum atomic E-state index is 10.5. The summed E-state index contributed by atoms with van der Waals surface area (Å²) in [6, 6.07) is -0.778. The van der Waals surface area contributed by atoms with Crippen LogP contribution < -0.4 is 50.0 Å².